The van der Waals surface area contributed by atoms with Gasteiger partial charge < -0.3 is 11.1 Å². The number of nitrogens with one attached hydrogen (secondary N) is 1. The molecule has 1 atom stereocenters. The molecule has 3 N–H and O–H groups in total. The Morgan fingerprint density at radius 2 is 2.18 bits per heavy atom. The Morgan fingerprint density at radius 3 is 2.76 bits per heavy atom. The van der Waals surface area contributed by atoms with Gasteiger partial charge in [0.15, 0.2) is 0 Å². The maximum atomic E-state index is 11.5. The Kier molecular flexibility index (Phi) is 3.92. The van der Waals surface area contributed by atoms with Crippen molar-refractivity contribution in [2.24, 2.45) is 11.7 Å². The van der Waals surface area contributed by atoms with E-state index >= 15 is 0 Å². The zero-order valence-electron chi connectivity index (χ0n) is 9.25. The fourth-order valence-corrected chi connectivity index (χ4v) is 2.11. The first-order valence-corrected chi connectivity index (χ1v) is 6.31. The summed E-state index contributed by atoms with van der Waals surface area (Å²) in [6.07, 6.45) is 2.42. The summed E-state index contributed by atoms with van der Waals surface area (Å²) in [5, 5.41) is 4.19. The molecule has 1 unspecified atom stereocenters. The Bertz CT molecular complexity index is 433. The molecular weight excluding hydrogens is 259 g/mol. The van der Waals surface area contributed by atoms with Crippen LogP contribution in [0.4, 0.5) is 0 Å². The van der Waals surface area contributed by atoms with Gasteiger partial charge in [-0.2, -0.15) is 0 Å². The van der Waals surface area contributed by atoms with Gasteiger partial charge in [0.2, 0.25) is 5.91 Å². The first-order valence-electron chi connectivity index (χ1n) is 5.55. The molecule has 1 aromatic rings. The number of carbonyl (C=O) groups is 1. The van der Waals surface area contributed by atoms with Crippen LogP contribution in [0.15, 0.2) is 18.2 Å². The summed E-state index contributed by atoms with van der Waals surface area (Å²) in [7, 11) is 0. The van der Waals surface area contributed by atoms with E-state index in [1.165, 1.54) is 12.8 Å². The molecule has 1 fully saturated rings. The van der Waals surface area contributed by atoms with Crippen molar-refractivity contribution in [1.29, 1.82) is 0 Å². The molecule has 0 bridgehead atoms. The highest BCUT2D eigenvalue weighted by Crippen LogP contribution is 2.30. The van der Waals surface area contributed by atoms with Gasteiger partial charge >= 0.3 is 0 Å². The minimum Gasteiger partial charge on any atom is -0.368 e. The molecule has 0 spiro atoms. The van der Waals surface area contributed by atoms with Gasteiger partial charge in [0.05, 0.1) is 0 Å². The minimum absolute atomic E-state index is 0.435. The molecule has 92 valence electrons. The van der Waals surface area contributed by atoms with Crippen LogP contribution in [0.1, 0.15) is 24.4 Å². The molecule has 1 aliphatic carbocycles. The van der Waals surface area contributed by atoms with Gasteiger partial charge in [0.25, 0.3) is 0 Å². The van der Waals surface area contributed by atoms with Crippen molar-refractivity contribution >= 4 is 29.1 Å². The average Bonchev–Trinajstić information content (AvgIpc) is 3.06. The average molecular weight is 273 g/mol. The second kappa shape index (κ2) is 5.25. The zero-order chi connectivity index (χ0) is 12.4. The second-order valence-corrected chi connectivity index (χ2v) is 5.20. The van der Waals surface area contributed by atoms with Crippen LogP contribution < -0.4 is 11.1 Å². The largest absolute Gasteiger partial charge is 0.368 e. The van der Waals surface area contributed by atoms with Crippen LogP contribution in [-0.2, 0) is 4.79 Å². The van der Waals surface area contributed by atoms with Crippen molar-refractivity contribution < 1.29 is 4.79 Å². The van der Waals surface area contributed by atoms with E-state index in [0.29, 0.717) is 21.5 Å². The summed E-state index contributed by atoms with van der Waals surface area (Å²) in [6.45, 7) is 0.788. The molecule has 5 heteroatoms. The third-order valence-electron chi connectivity index (χ3n) is 2.86. The molecule has 0 radical (unpaired) electrons. The van der Waals surface area contributed by atoms with E-state index < -0.39 is 11.9 Å². The van der Waals surface area contributed by atoms with Gasteiger partial charge in [-0.25, -0.2) is 0 Å². The quantitative estimate of drug-likeness (QED) is 0.866. The molecule has 1 aromatic carbocycles. The van der Waals surface area contributed by atoms with Gasteiger partial charge in [-0.15, -0.1) is 0 Å². The van der Waals surface area contributed by atoms with Crippen molar-refractivity contribution in [2.45, 2.75) is 18.9 Å². The van der Waals surface area contributed by atoms with Crippen LogP contribution in [0.5, 0.6) is 0 Å². The third-order valence-corrected chi connectivity index (χ3v) is 3.44. The summed E-state index contributed by atoms with van der Waals surface area (Å²) in [6, 6.07) is 4.47. The van der Waals surface area contributed by atoms with Gasteiger partial charge in [-0.05, 0) is 49.1 Å². The zero-order valence-corrected chi connectivity index (χ0v) is 10.8. The number of nitrogens with two attached hydrogens (primary N) is 1. The van der Waals surface area contributed by atoms with Crippen LogP contribution in [0.2, 0.25) is 10.0 Å². The lowest BCUT2D eigenvalue weighted by molar-refractivity contribution is -0.120. The number of amides is 1. The van der Waals surface area contributed by atoms with Crippen molar-refractivity contribution in [1.82, 2.24) is 5.32 Å². The van der Waals surface area contributed by atoms with E-state index in [0.717, 1.165) is 6.54 Å². The summed E-state index contributed by atoms with van der Waals surface area (Å²) < 4.78 is 0. The molecule has 0 heterocycles. The monoisotopic (exact) mass is 272 g/mol. The Labute approximate surface area is 110 Å². The minimum atomic E-state index is -0.568. The highest BCUT2D eigenvalue weighted by atomic mass is 35.5. The number of carbonyl (C=O) groups excluding carboxylic acids is 1. The maximum Gasteiger partial charge on any atom is 0.239 e. The van der Waals surface area contributed by atoms with Crippen LogP contribution in [-0.4, -0.2) is 12.5 Å². The Hall–Kier alpha value is -0.770. The molecule has 0 aliphatic heterocycles. The van der Waals surface area contributed by atoms with E-state index in [1.54, 1.807) is 18.2 Å². The van der Waals surface area contributed by atoms with Gasteiger partial charge in [0.1, 0.15) is 6.04 Å². The highest BCUT2D eigenvalue weighted by molar-refractivity contribution is 6.33. The van der Waals surface area contributed by atoms with Crippen LogP contribution in [0, 0.1) is 5.92 Å². The standard InChI is InChI=1S/C12H14Cl2N2O/c13-8-3-4-10(14)9(5-8)11(12(15)17)16-6-7-1-2-7/h3-5,7,11,16H,1-2,6H2,(H2,15,17). The van der Waals surface area contributed by atoms with E-state index in [2.05, 4.69) is 5.32 Å². The molecule has 3 nitrogen and oxygen atoms in total. The summed E-state index contributed by atoms with van der Waals surface area (Å²) in [5.41, 5.74) is 6.04. The number of rotatable bonds is 5. The predicted molar refractivity (Wildman–Crippen MR) is 69.1 cm³/mol. The summed E-state index contributed by atoms with van der Waals surface area (Å²) in [5.74, 6) is 0.227. The lowest BCUT2D eigenvalue weighted by Gasteiger charge is -2.17. The predicted octanol–water partition coefficient (Wildman–Crippen LogP) is 2.52. The van der Waals surface area contributed by atoms with Gasteiger partial charge in [-0.3, -0.25) is 4.79 Å². The molecule has 1 amide bonds. The highest BCUT2D eigenvalue weighted by Gasteiger charge is 2.26. The van der Waals surface area contributed by atoms with Crippen molar-refractivity contribution in [3.63, 3.8) is 0 Å². The fraction of sp³-hybridized carbons (Fsp3) is 0.417. The van der Waals surface area contributed by atoms with E-state index in [4.69, 9.17) is 28.9 Å². The Balaban J connectivity index is 2.17. The van der Waals surface area contributed by atoms with Crippen LogP contribution in [0.25, 0.3) is 0 Å². The van der Waals surface area contributed by atoms with E-state index in [-0.39, 0.29) is 0 Å². The molecule has 0 aromatic heterocycles. The first-order chi connectivity index (χ1) is 8.08. The van der Waals surface area contributed by atoms with Gasteiger partial charge in [-0.1, -0.05) is 23.2 Å². The molecule has 17 heavy (non-hydrogen) atoms. The number of halogens is 2. The van der Waals surface area contributed by atoms with Crippen molar-refractivity contribution in [3.8, 4) is 0 Å². The van der Waals surface area contributed by atoms with Crippen LogP contribution >= 0.6 is 23.2 Å². The van der Waals surface area contributed by atoms with Crippen molar-refractivity contribution in [2.75, 3.05) is 6.54 Å². The molecule has 1 saturated carbocycles. The molecule has 2 rings (SSSR count). The number of benzene rings is 1. The smallest absolute Gasteiger partial charge is 0.239 e. The Morgan fingerprint density at radius 1 is 1.47 bits per heavy atom. The first kappa shape index (κ1) is 12.7. The normalized spacial score (nSPS) is 16.8. The fourth-order valence-electron chi connectivity index (χ4n) is 1.71. The summed E-state index contributed by atoms with van der Waals surface area (Å²) >= 11 is 12.0. The molecule has 0 saturated heterocycles. The topological polar surface area (TPSA) is 55.1 Å². The van der Waals surface area contributed by atoms with Crippen molar-refractivity contribution in [3.05, 3.63) is 33.8 Å². The molecule has 1 aliphatic rings. The lowest BCUT2D eigenvalue weighted by Crippen LogP contribution is -2.35. The van der Waals surface area contributed by atoms with E-state index in [9.17, 15) is 4.79 Å². The third kappa shape index (κ3) is 3.35. The maximum absolute atomic E-state index is 11.5. The number of primary amides is 1. The molecular formula is C12H14Cl2N2O. The SMILES string of the molecule is NC(=O)C(NCC1CC1)c1cc(Cl)ccc1Cl. The second-order valence-electron chi connectivity index (χ2n) is 4.35. The number of hydrogen-bond acceptors (Lipinski definition) is 2. The van der Waals surface area contributed by atoms with Gasteiger partial charge in [0, 0.05) is 10.0 Å². The number of hydrogen-bond donors (Lipinski definition) is 2. The lowest BCUT2D eigenvalue weighted by atomic mass is 10.1. The summed E-state index contributed by atoms with van der Waals surface area (Å²) in [4.78, 5) is 11.5. The van der Waals surface area contributed by atoms with Crippen LogP contribution in [0.3, 0.4) is 0 Å². The van der Waals surface area contributed by atoms with E-state index in [1.807, 2.05) is 0 Å².